The van der Waals surface area contributed by atoms with E-state index in [9.17, 15) is 0 Å². The summed E-state index contributed by atoms with van der Waals surface area (Å²) < 4.78 is 0. The molecule has 5 aromatic rings. The van der Waals surface area contributed by atoms with E-state index in [1.54, 1.807) is 54.6 Å². The summed E-state index contributed by atoms with van der Waals surface area (Å²) in [4.78, 5) is 0. The summed E-state index contributed by atoms with van der Waals surface area (Å²) in [5.74, 6) is 8.51. The first-order valence-electron chi connectivity index (χ1n) is 17.7. The third kappa shape index (κ3) is 12.5. The van der Waals surface area contributed by atoms with Gasteiger partial charge in [-0.3, -0.25) is 0 Å². The van der Waals surface area contributed by atoms with Crippen molar-refractivity contribution in [2.75, 3.05) is 5.90 Å². The maximum absolute atomic E-state index is 8.87. The average Bonchev–Trinajstić information content (AvgIpc) is 3.42. The van der Waals surface area contributed by atoms with Gasteiger partial charge in [0.2, 0.25) is 0 Å². The minimum absolute atomic E-state index is 0. The quantitative estimate of drug-likeness (QED) is 0.0511. The minimum atomic E-state index is -0.409. The largest absolute Gasteiger partial charge is 2.00 e. The van der Waals surface area contributed by atoms with Crippen LogP contribution in [-0.2, 0) is 19.5 Å². The standard InChI is InChI=1S/C25H22P2.C14H5N4.C10H15.Ru/c1-5-13-22(14-6-1)26(23-15-7-2-8-16-23)21-27(24-17-9-3-10-18-24)25-19-11-4-12-20-25;15-7-11(8-16)6-14(13(9-17)10-18)12-4-2-1-3-5-12;1-6-7(2)9(4)10(5)8(6)3;/h1-20H,21H2;1-5H;1-5H3;/q;-1;;+2. The molecule has 0 bridgehead atoms. The van der Waals surface area contributed by atoms with Crippen LogP contribution < -0.4 is 21.2 Å². The number of allylic oxidation sites excluding steroid dienone is 4. The zero-order valence-corrected chi connectivity index (χ0v) is 35.7. The van der Waals surface area contributed by atoms with E-state index in [-0.39, 0.29) is 36.2 Å². The molecule has 1 saturated carbocycles. The van der Waals surface area contributed by atoms with Crippen molar-refractivity contribution in [1.29, 1.82) is 21.0 Å². The first-order valence-corrected chi connectivity index (χ1v) is 20.8. The van der Waals surface area contributed by atoms with Gasteiger partial charge in [-0.15, -0.1) is 0 Å². The van der Waals surface area contributed by atoms with Crippen molar-refractivity contribution in [2.45, 2.75) is 34.6 Å². The molecule has 7 heteroatoms. The van der Waals surface area contributed by atoms with Crippen LogP contribution in [-0.4, -0.2) is 5.90 Å². The summed E-state index contributed by atoms with van der Waals surface area (Å²) in [5.41, 5.74) is 0.235. The molecular formula is C49H42N4P2Ru+. The Bertz CT molecular complexity index is 1930. The van der Waals surface area contributed by atoms with Crippen LogP contribution in [0.1, 0.15) is 40.2 Å². The van der Waals surface area contributed by atoms with Crippen molar-refractivity contribution in [3.8, 4) is 24.3 Å². The van der Waals surface area contributed by atoms with E-state index in [2.05, 4.69) is 162 Å². The molecule has 4 nitrogen and oxygen atoms in total. The van der Waals surface area contributed by atoms with Crippen LogP contribution in [0.3, 0.4) is 0 Å². The first-order chi connectivity index (χ1) is 26.7. The second-order valence-electron chi connectivity index (χ2n) is 12.5. The molecule has 56 heavy (non-hydrogen) atoms. The Labute approximate surface area is 350 Å². The zero-order chi connectivity index (χ0) is 39.6. The summed E-state index contributed by atoms with van der Waals surface area (Å²) in [6, 6.07) is 59.4. The van der Waals surface area contributed by atoms with Crippen LogP contribution >= 0.6 is 15.8 Å². The topological polar surface area (TPSA) is 95.2 Å². The maximum Gasteiger partial charge on any atom is 2.00 e. The van der Waals surface area contributed by atoms with Crippen LogP contribution in [0.15, 0.2) is 163 Å². The van der Waals surface area contributed by atoms with Gasteiger partial charge >= 0.3 is 19.5 Å². The van der Waals surface area contributed by atoms with Gasteiger partial charge in [-0.1, -0.05) is 203 Å². The molecule has 0 spiro atoms. The number of nitriles is 4. The molecule has 0 unspecified atom stereocenters. The Morgan fingerprint density at radius 3 is 0.946 bits per heavy atom. The van der Waals surface area contributed by atoms with Gasteiger partial charge in [0.05, 0.1) is 17.7 Å². The number of hydrogen-bond donors (Lipinski definition) is 0. The number of benzene rings is 5. The van der Waals surface area contributed by atoms with E-state index >= 15 is 0 Å². The molecule has 5 aromatic carbocycles. The Hall–Kier alpha value is -4.98. The van der Waals surface area contributed by atoms with E-state index in [4.69, 9.17) is 21.0 Å². The van der Waals surface area contributed by atoms with Crippen LogP contribution in [0.2, 0.25) is 0 Å². The molecule has 0 aliphatic heterocycles. The van der Waals surface area contributed by atoms with Crippen molar-refractivity contribution < 1.29 is 19.5 Å². The molecule has 1 aliphatic rings. The van der Waals surface area contributed by atoms with E-state index in [1.165, 1.54) is 56.7 Å². The fourth-order valence-corrected chi connectivity index (χ4v) is 12.3. The molecule has 5 radical (unpaired) electrons. The molecule has 0 aromatic heterocycles. The molecule has 275 valence electrons. The normalized spacial score (nSPS) is 12.9. The smallest absolute Gasteiger partial charge is 0.247 e. The number of hydrogen-bond acceptors (Lipinski definition) is 4. The minimum Gasteiger partial charge on any atom is -0.247 e. The molecule has 0 heterocycles. The predicted molar refractivity (Wildman–Crippen MR) is 230 cm³/mol. The van der Waals surface area contributed by atoms with E-state index in [0.717, 1.165) is 0 Å². The zero-order valence-electron chi connectivity index (χ0n) is 32.2. The molecule has 1 fully saturated rings. The second-order valence-corrected chi connectivity index (χ2v) is 17.4. The summed E-state index contributed by atoms with van der Waals surface area (Å²) >= 11 is 0. The van der Waals surface area contributed by atoms with Gasteiger partial charge in [0.1, 0.15) is 0 Å². The third-order valence-corrected chi connectivity index (χ3v) is 15.3. The van der Waals surface area contributed by atoms with Crippen LogP contribution in [0.25, 0.3) is 5.57 Å². The summed E-state index contributed by atoms with van der Waals surface area (Å²) in [7, 11) is -0.817. The summed E-state index contributed by atoms with van der Waals surface area (Å²) in [5, 5.41) is 40.9. The van der Waals surface area contributed by atoms with Crippen molar-refractivity contribution in [3.05, 3.63) is 204 Å². The maximum atomic E-state index is 8.87. The van der Waals surface area contributed by atoms with Crippen LogP contribution in [0, 0.1) is 81.0 Å². The number of rotatable bonds is 8. The van der Waals surface area contributed by atoms with Crippen molar-refractivity contribution >= 4 is 42.6 Å². The predicted octanol–water partition coefficient (Wildman–Crippen LogP) is 10.4. The molecule has 0 amide bonds. The molecule has 6 rings (SSSR count). The molecule has 0 saturated heterocycles. The van der Waals surface area contributed by atoms with Gasteiger partial charge < -0.3 is 0 Å². The summed E-state index contributed by atoms with van der Waals surface area (Å²) in [6.45, 7) is 11.0. The van der Waals surface area contributed by atoms with Gasteiger partial charge in [0.25, 0.3) is 0 Å². The molecular weight excluding hydrogens is 808 g/mol. The van der Waals surface area contributed by atoms with Gasteiger partial charge in [0.15, 0.2) is 0 Å². The van der Waals surface area contributed by atoms with Crippen molar-refractivity contribution in [2.24, 2.45) is 0 Å². The number of nitrogens with zero attached hydrogens (tertiary/aromatic N) is 4. The SMILES string of the molecule is C[C]1[C](C)[C](C)[C](C)[C]1C.N#CC(C#N)=[C-]C(=C(C#N)C#N)c1ccccc1.[Ru+2].c1ccc(P(CP(c2ccccc2)c2ccccc2)c2ccccc2)cc1. The Morgan fingerprint density at radius 1 is 0.429 bits per heavy atom. The second kappa shape index (κ2) is 23.8. The van der Waals surface area contributed by atoms with E-state index in [0.29, 0.717) is 5.56 Å². The fourth-order valence-electron chi connectivity index (χ4n) is 5.83. The Morgan fingerprint density at radius 2 is 0.696 bits per heavy atom. The van der Waals surface area contributed by atoms with Crippen molar-refractivity contribution in [1.82, 2.24) is 0 Å². The molecule has 0 N–H and O–H groups in total. The van der Waals surface area contributed by atoms with Gasteiger partial charge in [-0.05, 0) is 66.7 Å². The molecule has 0 atom stereocenters. The Kier molecular flexibility index (Phi) is 19.3. The molecule has 1 aliphatic carbocycles. The fraction of sp³-hybridized carbons (Fsp3) is 0.122. The third-order valence-electron chi connectivity index (χ3n) is 9.38. The monoisotopic (exact) mass is 850 g/mol. The van der Waals surface area contributed by atoms with Gasteiger partial charge in [0, 0.05) is 23.6 Å². The van der Waals surface area contributed by atoms with E-state index < -0.39 is 15.8 Å². The Balaban J connectivity index is 0.000000250. The van der Waals surface area contributed by atoms with Gasteiger partial charge in [-0.2, -0.15) is 0 Å². The first kappa shape index (κ1) is 45.4. The van der Waals surface area contributed by atoms with E-state index in [1.807, 2.05) is 0 Å². The summed E-state index contributed by atoms with van der Waals surface area (Å²) in [6.07, 6.45) is 2.50. The van der Waals surface area contributed by atoms with Crippen LogP contribution in [0.5, 0.6) is 0 Å². The van der Waals surface area contributed by atoms with Crippen LogP contribution in [0.4, 0.5) is 0 Å². The van der Waals surface area contributed by atoms with Crippen molar-refractivity contribution in [3.63, 3.8) is 0 Å². The average molecular weight is 850 g/mol. The van der Waals surface area contributed by atoms with Gasteiger partial charge in [-0.25, -0.2) is 21.0 Å².